The topological polar surface area (TPSA) is 3.24 Å². The van der Waals surface area contributed by atoms with Crippen LogP contribution in [0.25, 0.3) is 22.3 Å². The van der Waals surface area contributed by atoms with Crippen molar-refractivity contribution in [2.24, 2.45) is 0 Å². The highest BCUT2D eigenvalue weighted by atomic mass is 15.2. The molecular formula is C30H23N. The molecule has 0 saturated heterocycles. The number of fused-ring (bicyclic) bond motifs is 3. The minimum absolute atomic E-state index is 0.327. The number of hydrogen-bond donors (Lipinski definition) is 0. The van der Waals surface area contributed by atoms with Crippen molar-refractivity contribution in [3.05, 3.63) is 133 Å². The molecule has 6 rings (SSSR count). The van der Waals surface area contributed by atoms with Gasteiger partial charge in [0.1, 0.15) is 0 Å². The van der Waals surface area contributed by atoms with Crippen LogP contribution in [0, 0.1) is 0 Å². The molecule has 0 radical (unpaired) electrons. The van der Waals surface area contributed by atoms with E-state index in [0.29, 0.717) is 12.0 Å². The van der Waals surface area contributed by atoms with Crippen molar-refractivity contribution in [1.82, 2.24) is 0 Å². The van der Waals surface area contributed by atoms with E-state index in [2.05, 4.69) is 132 Å². The Kier molecular flexibility index (Phi) is 4.32. The molecule has 0 bridgehead atoms. The molecule has 1 nitrogen and oxygen atoms in total. The van der Waals surface area contributed by atoms with Gasteiger partial charge in [0.25, 0.3) is 0 Å². The molecular weight excluding hydrogens is 374 g/mol. The van der Waals surface area contributed by atoms with Gasteiger partial charge < -0.3 is 4.90 Å². The first kappa shape index (κ1) is 18.0. The Bertz CT molecular complexity index is 1280. The first-order valence-corrected chi connectivity index (χ1v) is 10.9. The van der Waals surface area contributed by atoms with E-state index in [1.807, 2.05) is 0 Å². The lowest BCUT2D eigenvalue weighted by atomic mass is 9.89. The summed E-state index contributed by atoms with van der Waals surface area (Å²) in [4.78, 5) is 2.48. The number of benzene rings is 4. The maximum Gasteiger partial charge on any atom is 0.0629 e. The Morgan fingerprint density at radius 3 is 1.97 bits per heavy atom. The van der Waals surface area contributed by atoms with Gasteiger partial charge in [0.2, 0.25) is 0 Å². The molecule has 0 aromatic heterocycles. The Balaban J connectivity index is 1.45. The highest BCUT2D eigenvalue weighted by Gasteiger charge is 2.37. The highest BCUT2D eigenvalue weighted by Crippen LogP contribution is 2.48. The lowest BCUT2D eigenvalue weighted by Gasteiger charge is -2.28. The van der Waals surface area contributed by atoms with E-state index in [1.54, 1.807) is 0 Å². The molecule has 4 aromatic rings. The van der Waals surface area contributed by atoms with Crippen molar-refractivity contribution in [3.8, 4) is 22.3 Å². The van der Waals surface area contributed by atoms with Crippen LogP contribution in [0.4, 0.5) is 11.4 Å². The first-order chi connectivity index (χ1) is 15.4. The second-order valence-corrected chi connectivity index (χ2v) is 8.21. The maximum absolute atomic E-state index is 2.48. The van der Waals surface area contributed by atoms with E-state index in [-0.39, 0.29) is 0 Å². The van der Waals surface area contributed by atoms with Gasteiger partial charge in [-0.05, 0) is 58.1 Å². The van der Waals surface area contributed by atoms with Gasteiger partial charge >= 0.3 is 0 Å². The van der Waals surface area contributed by atoms with Crippen LogP contribution in [0.5, 0.6) is 0 Å². The zero-order valence-corrected chi connectivity index (χ0v) is 17.2. The van der Waals surface area contributed by atoms with Crippen LogP contribution in [0.15, 0.2) is 127 Å². The molecule has 0 saturated carbocycles. The molecule has 0 fully saturated rings. The SMILES string of the molecule is C1=CC2c3cc(-c4cccc(-c5ccccc5)c4)ccc3N(c3ccccc3)C2C=C1. The fourth-order valence-electron chi connectivity index (χ4n) is 4.92. The second-order valence-electron chi connectivity index (χ2n) is 8.21. The number of hydrogen-bond acceptors (Lipinski definition) is 1. The third-order valence-electron chi connectivity index (χ3n) is 6.39. The lowest BCUT2D eigenvalue weighted by molar-refractivity contribution is 0.745. The molecule has 4 aromatic carbocycles. The monoisotopic (exact) mass is 397 g/mol. The third kappa shape index (κ3) is 3.10. The minimum Gasteiger partial charge on any atom is -0.333 e. The average molecular weight is 398 g/mol. The number of rotatable bonds is 3. The Hall–Kier alpha value is -3.84. The van der Waals surface area contributed by atoms with E-state index in [4.69, 9.17) is 0 Å². The molecule has 1 aliphatic heterocycles. The summed E-state index contributed by atoms with van der Waals surface area (Å²) in [5.74, 6) is 0.373. The van der Waals surface area contributed by atoms with Gasteiger partial charge in [-0.3, -0.25) is 0 Å². The van der Waals surface area contributed by atoms with Crippen molar-refractivity contribution in [3.63, 3.8) is 0 Å². The molecule has 0 spiro atoms. The molecule has 31 heavy (non-hydrogen) atoms. The Labute approximate surface area is 183 Å². The normalized spacial score (nSPS) is 18.6. The van der Waals surface area contributed by atoms with E-state index in [1.165, 1.54) is 39.2 Å². The number of nitrogens with zero attached hydrogens (tertiary/aromatic N) is 1. The summed E-state index contributed by atoms with van der Waals surface area (Å²) in [6.07, 6.45) is 9.03. The smallest absolute Gasteiger partial charge is 0.0629 e. The van der Waals surface area contributed by atoms with E-state index in [0.717, 1.165) is 0 Å². The molecule has 1 heteroatoms. The predicted molar refractivity (Wildman–Crippen MR) is 131 cm³/mol. The molecule has 2 atom stereocenters. The fraction of sp³-hybridized carbons (Fsp3) is 0.0667. The first-order valence-electron chi connectivity index (χ1n) is 10.9. The van der Waals surface area contributed by atoms with Gasteiger partial charge in [0.05, 0.1) is 6.04 Å². The van der Waals surface area contributed by atoms with Gasteiger partial charge in [-0.2, -0.15) is 0 Å². The molecule has 2 unspecified atom stereocenters. The lowest BCUT2D eigenvalue weighted by Crippen LogP contribution is -2.28. The van der Waals surface area contributed by atoms with E-state index in [9.17, 15) is 0 Å². The summed E-state index contributed by atoms with van der Waals surface area (Å²) >= 11 is 0. The summed E-state index contributed by atoms with van der Waals surface area (Å²) in [5, 5.41) is 0. The summed E-state index contributed by atoms with van der Waals surface area (Å²) in [7, 11) is 0. The maximum atomic E-state index is 2.48. The van der Waals surface area contributed by atoms with Crippen LogP contribution in [0.2, 0.25) is 0 Å². The van der Waals surface area contributed by atoms with Crippen LogP contribution >= 0.6 is 0 Å². The van der Waals surface area contributed by atoms with Crippen molar-refractivity contribution in [2.45, 2.75) is 12.0 Å². The zero-order chi connectivity index (χ0) is 20.6. The van der Waals surface area contributed by atoms with Gasteiger partial charge in [-0.15, -0.1) is 0 Å². The van der Waals surface area contributed by atoms with E-state index < -0.39 is 0 Å². The molecule has 2 aliphatic rings. The Morgan fingerprint density at radius 2 is 1.16 bits per heavy atom. The van der Waals surface area contributed by atoms with Gasteiger partial charge in [0, 0.05) is 17.3 Å². The zero-order valence-electron chi connectivity index (χ0n) is 17.2. The number of anilines is 2. The molecule has 1 aliphatic carbocycles. The second kappa shape index (κ2) is 7.45. The molecule has 0 N–H and O–H groups in total. The summed E-state index contributed by atoms with van der Waals surface area (Å²) in [5.41, 5.74) is 8.99. The van der Waals surface area contributed by atoms with Gasteiger partial charge in [-0.1, -0.05) is 97.1 Å². The van der Waals surface area contributed by atoms with Crippen molar-refractivity contribution in [1.29, 1.82) is 0 Å². The predicted octanol–water partition coefficient (Wildman–Crippen LogP) is 7.75. The van der Waals surface area contributed by atoms with Gasteiger partial charge in [-0.25, -0.2) is 0 Å². The van der Waals surface area contributed by atoms with E-state index >= 15 is 0 Å². The average Bonchev–Trinajstić information content (AvgIpc) is 3.19. The highest BCUT2D eigenvalue weighted by molar-refractivity contribution is 5.80. The van der Waals surface area contributed by atoms with Crippen molar-refractivity contribution >= 4 is 11.4 Å². The van der Waals surface area contributed by atoms with Crippen LogP contribution in [-0.4, -0.2) is 6.04 Å². The quantitative estimate of drug-likeness (QED) is 0.341. The third-order valence-corrected chi connectivity index (χ3v) is 6.39. The van der Waals surface area contributed by atoms with Crippen molar-refractivity contribution < 1.29 is 0 Å². The summed E-state index contributed by atoms with van der Waals surface area (Å²) in [6, 6.07) is 37.5. The minimum atomic E-state index is 0.327. The van der Waals surface area contributed by atoms with Gasteiger partial charge in [0.15, 0.2) is 0 Å². The van der Waals surface area contributed by atoms with Crippen LogP contribution in [0.1, 0.15) is 11.5 Å². The number of para-hydroxylation sites is 1. The standard InChI is InChI=1S/C30H23N/c1-3-10-22(11-4-1)23-12-9-13-24(20-23)25-18-19-30-28(21-25)27-16-7-8-17-29(27)31(30)26-14-5-2-6-15-26/h1-21,27,29H. The van der Waals surface area contributed by atoms with Crippen molar-refractivity contribution in [2.75, 3.05) is 4.90 Å². The number of allylic oxidation sites excluding steroid dienone is 2. The van der Waals surface area contributed by atoms with Crippen LogP contribution in [0.3, 0.4) is 0 Å². The molecule has 0 amide bonds. The fourth-order valence-corrected chi connectivity index (χ4v) is 4.92. The molecule has 148 valence electrons. The Morgan fingerprint density at radius 1 is 0.516 bits per heavy atom. The molecule has 1 heterocycles. The summed E-state index contributed by atoms with van der Waals surface area (Å²) in [6.45, 7) is 0. The largest absolute Gasteiger partial charge is 0.333 e. The summed E-state index contributed by atoms with van der Waals surface area (Å²) < 4.78 is 0. The van der Waals surface area contributed by atoms with Crippen LogP contribution < -0.4 is 4.90 Å². The van der Waals surface area contributed by atoms with Crippen LogP contribution in [-0.2, 0) is 0 Å².